The van der Waals surface area contributed by atoms with Crippen molar-refractivity contribution in [2.45, 2.75) is 50.7 Å². The van der Waals surface area contributed by atoms with Gasteiger partial charge in [0, 0.05) is 0 Å². The summed E-state index contributed by atoms with van der Waals surface area (Å²) in [4.78, 5) is 0. The molecule has 1 saturated heterocycles. The van der Waals surface area contributed by atoms with Crippen molar-refractivity contribution in [3.63, 3.8) is 0 Å². The Morgan fingerprint density at radius 3 is 2.33 bits per heavy atom. The van der Waals surface area contributed by atoms with E-state index in [1.54, 1.807) is 13.8 Å². The van der Waals surface area contributed by atoms with E-state index in [9.17, 15) is 15.3 Å². The van der Waals surface area contributed by atoms with Crippen LogP contribution in [0.5, 0.6) is 0 Å². The minimum atomic E-state index is -1.25. The van der Waals surface area contributed by atoms with E-state index in [0.29, 0.717) is 0 Å². The largest absolute Gasteiger partial charge is 0.394 e. The molecule has 0 aromatic rings. The van der Waals surface area contributed by atoms with E-state index in [-0.39, 0.29) is 6.10 Å². The van der Waals surface area contributed by atoms with Crippen LogP contribution in [0.15, 0.2) is 0 Å². The third-order valence-electron chi connectivity index (χ3n) is 2.23. The van der Waals surface area contributed by atoms with E-state index in [4.69, 9.17) is 14.6 Å². The van der Waals surface area contributed by atoms with Crippen LogP contribution in [-0.4, -0.2) is 63.8 Å². The minimum Gasteiger partial charge on any atom is -0.394 e. The fraction of sp³-hybridized carbons (Fsp3) is 1.00. The Morgan fingerprint density at radius 1 is 1.27 bits per heavy atom. The second-order valence-electron chi connectivity index (χ2n) is 3.89. The van der Waals surface area contributed by atoms with Gasteiger partial charge in [-0.1, -0.05) is 0 Å². The van der Waals surface area contributed by atoms with Crippen molar-refractivity contribution in [3.05, 3.63) is 0 Å². The molecule has 0 aromatic carbocycles. The average molecular weight is 222 g/mol. The lowest BCUT2D eigenvalue weighted by Crippen LogP contribution is -2.40. The van der Waals surface area contributed by atoms with Crippen LogP contribution < -0.4 is 0 Å². The molecule has 4 N–H and O–H groups in total. The van der Waals surface area contributed by atoms with Gasteiger partial charge in [-0.3, -0.25) is 0 Å². The zero-order valence-corrected chi connectivity index (χ0v) is 8.78. The molecule has 5 atom stereocenters. The molecule has 15 heavy (non-hydrogen) atoms. The first kappa shape index (κ1) is 12.8. The number of aliphatic hydroxyl groups excluding tert-OH is 4. The zero-order valence-electron chi connectivity index (χ0n) is 8.78. The Labute approximate surface area is 88.1 Å². The SMILES string of the molecule is CC(C)O[C@@H]1O[C@H]([C@H](O)CO)[C@H](O)[C@H]1O. The van der Waals surface area contributed by atoms with Crippen molar-refractivity contribution < 1.29 is 29.9 Å². The fourth-order valence-electron chi connectivity index (χ4n) is 1.47. The van der Waals surface area contributed by atoms with Crippen molar-refractivity contribution in [1.82, 2.24) is 0 Å². The van der Waals surface area contributed by atoms with Gasteiger partial charge < -0.3 is 29.9 Å². The van der Waals surface area contributed by atoms with Gasteiger partial charge in [0.25, 0.3) is 0 Å². The highest BCUT2D eigenvalue weighted by atomic mass is 16.7. The summed E-state index contributed by atoms with van der Waals surface area (Å²) in [7, 11) is 0. The molecule has 6 nitrogen and oxygen atoms in total. The van der Waals surface area contributed by atoms with Crippen LogP contribution in [-0.2, 0) is 9.47 Å². The first-order valence-corrected chi connectivity index (χ1v) is 4.93. The van der Waals surface area contributed by atoms with E-state index in [1.807, 2.05) is 0 Å². The summed E-state index contributed by atoms with van der Waals surface area (Å²) in [5, 5.41) is 37.0. The quantitative estimate of drug-likeness (QED) is 0.448. The van der Waals surface area contributed by atoms with Crippen molar-refractivity contribution in [3.8, 4) is 0 Å². The zero-order chi connectivity index (χ0) is 11.6. The molecule has 90 valence electrons. The molecule has 1 aliphatic heterocycles. The van der Waals surface area contributed by atoms with E-state index in [0.717, 1.165) is 0 Å². The molecule has 0 bridgehead atoms. The van der Waals surface area contributed by atoms with E-state index in [1.165, 1.54) is 0 Å². The maximum Gasteiger partial charge on any atom is 0.186 e. The summed E-state index contributed by atoms with van der Waals surface area (Å²) < 4.78 is 10.3. The molecule has 1 fully saturated rings. The predicted octanol–water partition coefficient (Wildman–Crippen LogP) is -1.79. The van der Waals surface area contributed by atoms with Gasteiger partial charge in [0.15, 0.2) is 6.29 Å². The monoisotopic (exact) mass is 222 g/mol. The molecule has 1 aliphatic rings. The highest BCUT2D eigenvalue weighted by Crippen LogP contribution is 2.25. The molecule has 1 rings (SSSR count). The molecule has 0 radical (unpaired) electrons. The first-order chi connectivity index (χ1) is 6.97. The van der Waals surface area contributed by atoms with Crippen LogP contribution in [0.2, 0.25) is 0 Å². The smallest absolute Gasteiger partial charge is 0.186 e. The highest BCUT2D eigenvalue weighted by Gasteiger charge is 2.46. The number of aliphatic hydroxyl groups is 4. The third-order valence-corrected chi connectivity index (χ3v) is 2.23. The second kappa shape index (κ2) is 5.20. The molecule has 6 heteroatoms. The van der Waals surface area contributed by atoms with Gasteiger partial charge in [-0.05, 0) is 13.8 Å². The standard InChI is InChI=1S/C9H18O6/c1-4(2)14-9-7(13)6(12)8(15-9)5(11)3-10/h4-13H,3H2,1-2H3/t5-,6-,7-,8-,9-/m1/s1. The summed E-state index contributed by atoms with van der Waals surface area (Å²) in [6, 6.07) is 0. The lowest BCUT2D eigenvalue weighted by molar-refractivity contribution is -0.195. The summed E-state index contributed by atoms with van der Waals surface area (Å²) in [5.74, 6) is 0. The molecule has 0 spiro atoms. The molecular formula is C9H18O6. The Hall–Kier alpha value is -0.240. The molecule has 0 saturated carbocycles. The Balaban J connectivity index is 2.59. The van der Waals surface area contributed by atoms with Crippen molar-refractivity contribution in [2.24, 2.45) is 0 Å². The summed E-state index contributed by atoms with van der Waals surface area (Å²) in [6.45, 7) is 2.99. The van der Waals surface area contributed by atoms with Crippen LogP contribution in [0.25, 0.3) is 0 Å². The topological polar surface area (TPSA) is 99.4 Å². The maximum atomic E-state index is 9.53. The first-order valence-electron chi connectivity index (χ1n) is 4.93. The average Bonchev–Trinajstić information content (AvgIpc) is 2.44. The van der Waals surface area contributed by atoms with Crippen LogP contribution in [0.4, 0.5) is 0 Å². The summed E-state index contributed by atoms with van der Waals surface area (Å²) in [6.07, 6.45) is -5.84. The van der Waals surface area contributed by atoms with Gasteiger partial charge in [-0.2, -0.15) is 0 Å². The normalized spacial score (nSPS) is 38.6. The second-order valence-corrected chi connectivity index (χ2v) is 3.89. The maximum absolute atomic E-state index is 9.53. The van der Waals surface area contributed by atoms with E-state index in [2.05, 4.69) is 0 Å². The number of ether oxygens (including phenoxy) is 2. The third kappa shape index (κ3) is 2.87. The van der Waals surface area contributed by atoms with Gasteiger partial charge in [-0.25, -0.2) is 0 Å². The number of hydrogen-bond donors (Lipinski definition) is 4. The molecule has 0 aromatic heterocycles. The van der Waals surface area contributed by atoms with Crippen molar-refractivity contribution in [2.75, 3.05) is 6.61 Å². The minimum absolute atomic E-state index is 0.165. The molecule has 0 aliphatic carbocycles. The van der Waals surface area contributed by atoms with Gasteiger partial charge in [0.2, 0.25) is 0 Å². The highest BCUT2D eigenvalue weighted by molar-refractivity contribution is 4.90. The number of rotatable bonds is 4. The van der Waals surface area contributed by atoms with Crippen LogP contribution in [0.3, 0.4) is 0 Å². The molecule has 1 heterocycles. The molecular weight excluding hydrogens is 204 g/mol. The lowest BCUT2D eigenvalue weighted by Gasteiger charge is -2.19. The Morgan fingerprint density at radius 2 is 1.87 bits per heavy atom. The molecule has 0 unspecified atom stereocenters. The van der Waals surface area contributed by atoms with Crippen LogP contribution in [0.1, 0.15) is 13.8 Å². The summed E-state index contributed by atoms with van der Waals surface area (Å²) >= 11 is 0. The van der Waals surface area contributed by atoms with Crippen LogP contribution in [0, 0.1) is 0 Å². The lowest BCUT2D eigenvalue weighted by atomic mass is 10.1. The van der Waals surface area contributed by atoms with E-state index >= 15 is 0 Å². The number of hydrogen-bond acceptors (Lipinski definition) is 6. The van der Waals surface area contributed by atoms with Crippen LogP contribution >= 0.6 is 0 Å². The van der Waals surface area contributed by atoms with Gasteiger partial charge in [-0.15, -0.1) is 0 Å². The van der Waals surface area contributed by atoms with E-state index < -0.39 is 37.3 Å². The van der Waals surface area contributed by atoms with Gasteiger partial charge >= 0.3 is 0 Å². The fourth-order valence-corrected chi connectivity index (χ4v) is 1.47. The van der Waals surface area contributed by atoms with Crippen molar-refractivity contribution in [1.29, 1.82) is 0 Å². The molecule has 0 amide bonds. The van der Waals surface area contributed by atoms with Gasteiger partial charge in [0.1, 0.15) is 24.4 Å². The Bertz CT molecular complexity index is 197. The van der Waals surface area contributed by atoms with Gasteiger partial charge in [0.05, 0.1) is 12.7 Å². The Kier molecular flexibility index (Phi) is 4.45. The van der Waals surface area contributed by atoms with Crippen molar-refractivity contribution >= 4 is 0 Å². The predicted molar refractivity (Wildman–Crippen MR) is 50.0 cm³/mol. The summed E-state index contributed by atoms with van der Waals surface area (Å²) in [5.41, 5.74) is 0.